The molecule has 0 saturated heterocycles. The van der Waals surface area contributed by atoms with Gasteiger partial charge in [-0.05, 0) is 44.7 Å². The van der Waals surface area contributed by atoms with E-state index in [9.17, 15) is 13.2 Å². The lowest BCUT2D eigenvalue weighted by Crippen LogP contribution is -2.41. The Hall–Kier alpha value is -0.290. The Labute approximate surface area is 94.8 Å². The quantitative estimate of drug-likeness (QED) is 0.746. The summed E-state index contributed by atoms with van der Waals surface area (Å²) in [6.07, 6.45) is -0.490. The van der Waals surface area contributed by atoms with E-state index in [2.05, 4.69) is 5.32 Å². The Morgan fingerprint density at radius 2 is 2.00 bits per heavy atom. The van der Waals surface area contributed by atoms with Gasteiger partial charge in [-0.1, -0.05) is 6.42 Å². The van der Waals surface area contributed by atoms with Crippen molar-refractivity contribution in [3.8, 4) is 0 Å². The molecular formula is C11H21F3N2. The van der Waals surface area contributed by atoms with E-state index in [0.717, 1.165) is 19.3 Å². The Kier molecular flexibility index (Phi) is 4.62. The zero-order valence-corrected chi connectivity index (χ0v) is 9.74. The highest BCUT2D eigenvalue weighted by Gasteiger charge is 2.35. The molecule has 0 aromatic heterocycles. The third-order valence-corrected chi connectivity index (χ3v) is 3.53. The van der Waals surface area contributed by atoms with Gasteiger partial charge in [-0.3, -0.25) is 0 Å². The fourth-order valence-corrected chi connectivity index (χ4v) is 2.24. The minimum absolute atomic E-state index is 0.213. The van der Waals surface area contributed by atoms with E-state index in [0.29, 0.717) is 13.1 Å². The first kappa shape index (κ1) is 13.8. The van der Waals surface area contributed by atoms with Crippen LogP contribution < -0.4 is 11.1 Å². The van der Waals surface area contributed by atoms with Crippen LogP contribution in [0.25, 0.3) is 0 Å². The molecule has 1 atom stereocenters. The molecule has 2 nitrogen and oxygen atoms in total. The maximum absolute atomic E-state index is 12.1. The standard InChI is InChI=1S/C11H21F3N2/c1-9(7-11(12,13)14)16-6-5-10(8-15)3-2-4-10/h9,16H,2-8,15H2,1H3. The number of rotatable bonds is 6. The second kappa shape index (κ2) is 5.36. The van der Waals surface area contributed by atoms with Gasteiger partial charge in [0.25, 0.3) is 0 Å². The van der Waals surface area contributed by atoms with E-state index in [1.54, 1.807) is 6.92 Å². The largest absolute Gasteiger partial charge is 0.390 e. The Bertz CT molecular complexity index is 206. The fraction of sp³-hybridized carbons (Fsp3) is 1.00. The van der Waals surface area contributed by atoms with E-state index >= 15 is 0 Å². The number of alkyl halides is 3. The lowest BCUT2D eigenvalue weighted by Gasteiger charge is -2.41. The number of hydrogen-bond donors (Lipinski definition) is 2. The Morgan fingerprint density at radius 3 is 2.38 bits per heavy atom. The molecule has 96 valence electrons. The second-order valence-corrected chi connectivity index (χ2v) is 4.98. The van der Waals surface area contributed by atoms with Crippen LogP contribution >= 0.6 is 0 Å². The van der Waals surface area contributed by atoms with Gasteiger partial charge in [0.05, 0.1) is 6.42 Å². The summed E-state index contributed by atoms with van der Waals surface area (Å²) in [5, 5.41) is 2.92. The number of halogens is 3. The molecule has 1 aliphatic carbocycles. The van der Waals surface area contributed by atoms with Crippen molar-refractivity contribution in [1.82, 2.24) is 5.32 Å². The lowest BCUT2D eigenvalue weighted by molar-refractivity contribution is -0.139. The van der Waals surface area contributed by atoms with Crippen LogP contribution in [-0.4, -0.2) is 25.3 Å². The first-order valence-electron chi connectivity index (χ1n) is 5.87. The summed E-state index contributed by atoms with van der Waals surface area (Å²) in [4.78, 5) is 0. The monoisotopic (exact) mass is 238 g/mol. The zero-order chi connectivity index (χ0) is 12.2. The summed E-state index contributed by atoms with van der Waals surface area (Å²) in [6, 6.07) is -0.505. The van der Waals surface area contributed by atoms with Crippen molar-refractivity contribution in [1.29, 1.82) is 0 Å². The topological polar surface area (TPSA) is 38.0 Å². The minimum atomic E-state index is -4.07. The molecule has 3 N–H and O–H groups in total. The first-order chi connectivity index (χ1) is 7.37. The third kappa shape index (κ3) is 4.29. The van der Waals surface area contributed by atoms with Gasteiger partial charge in [-0.25, -0.2) is 0 Å². The molecule has 0 aliphatic heterocycles. The van der Waals surface area contributed by atoms with Gasteiger partial charge in [-0.2, -0.15) is 13.2 Å². The van der Waals surface area contributed by atoms with E-state index in [4.69, 9.17) is 5.73 Å². The lowest BCUT2D eigenvalue weighted by atomic mass is 9.67. The predicted octanol–water partition coefficient (Wildman–Crippen LogP) is 2.44. The summed E-state index contributed by atoms with van der Waals surface area (Å²) in [7, 11) is 0. The molecule has 0 bridgehead atoms. The molecule has 1 rings (SSSR count). The minimum Gasteiger partial charge on any atom is -0.330 e. The number of nitrogens with two attached hydrogens (primary N) is 1. The molecule has 5 heteroatoms. The average molecular weight is 238 g/mol. The summed E-state index contributed by atoms with van der Waals surface area (Å²) in [6.45, 7) is 2.86. The van der Waals surface area contributed by atoms with Crippen LogP contribution in [0.15, 0.2) is 0 Å². The van der Waals surface area contributed by atoms with Crippen LogP contribution in [0.3, 0.4) is 0 Å². The van der Waals surface area contributed by atoms with Gasteiger partial charge < -0.3 is 11.1 Å². The van der Waals surface area contributed by atoms with E-state index in [-0.39, 0.29) is 5.41 Å². The molecule has 1 saturated carbocycles. The van der Waals surface area contributed by atoms with Crippen LogP contribution in [0.5, 0.6) is 0 Å². The van der Waals surface area contributed by atoms with Gasteiger partial charge >= 0.3 is 6.18 Å². The summed E-state index contributed by atoms with van der Waals surface area (Å²) < 4.78 is 36.2. The van der Waals surface area contributed by atoms with Crippen molar-refractivity contribution in [2.45, 2.75) is 51.2 Å². The molecule has 0 radical (unpaired) electrons. The molecule has 1 unspecified atom stereocenters. The van der Waals surface area contributed by atoms with Crippen LogP contribution in [0.2, 0.25) is 0 Å². The van der Waals surface area contributed by atoms with Gasteiger partial charge in [0.2, 0.25) is 0 Å². The smallest absolute Gasteiger partial charge is 0.330 e. The van der Waals surface area contributed by atoms with E-state index in [1.807, 2.05) is 0 Å². The SMILES string of the molecule is CC(CC(F)(F)F)NCCC1(CN)CCC1. The van der Waals surface area contributed by atoms with Crippen molar-refractivity contribution >= 4 is 0 Å². The maximum atomic E-state index is 12.1. The van der Waals surface area contributed by atoms with Gasteiger partial charge in [0.15, 0.2) is 0 Å². The summed E-state index contributed by atoms with van der Waals surface area (Å²) in [5.41, 5.74) is 5.89. The van der Waals surface area contributed by atoms with Gasteiger partial charge in [0, 0.05) is 6.04 Å². The molecule has 1 fully saturated rings. The van der Waals surface area contributed by atoms with Crippen molar-refractivity contribution < 1.29 is 13.2 Å². The van der Waals surface area contributed by atoms with Crippen molar-refractivity contribution in [3.63, 3.8) is 0 Å². The molecule has 0 amide bonds. The Morgan fingerprint density at radius 1 is 1.38 bits per heavy atom. The molecule has 1 aliphatic rings. The molecule has 16 heavy (non-hydrogen) atoms. The highest BCUT2D eigenvalue weighted by atomic mass is 19.4. The number of nitrogens with one attached hydrogen (secondary N) is 1. The molecule has 0 aromatic carbocycles. The van der Waals surface area contributed by atoms with Gasteiger partial charge in [-0.15, -0.1) is 0 Å². The second-order valence-electron chi connectivity index (χ2n) is 4.98. The highest BCUT2D eigenvalue weighted by Crippen LogP contribution is 2.42. The fourth-order valence-electron chi connectivity index (χ4n) is 2.24. The van der Waals surface area contributed by atoms with E-state index < -0.39 is 18.6 Å². The Balaban J connectivity index is 2.15. The average Bonchev–Trinajstić information content (AvgIpc) is 2.06. The van der Waals surface area contributed by atoms with Crippen molar-refractivity contribution in [2.75, 3.05) is 13.1 Å². The summed E-state index contributed by atoms with van der Waals surface area (Å²) >= 11 is 0. The number of hydrogen-bond acceptors (Lipinski definition) is 2. The molecular weight excluding hydrogens is 217 g/mol. The normalized spacial score (nSPS) is 21.6. The first-order valence-corrected chi connectivity index (χ1v) is 5.87. The molecule has 0 spiro atoms. The van der Waals surface area contributed by atoms with Crippen LogP contribution in [0, 0.1) is 5.41 Å². The van der Waals surface area contributed by atoms with Crippen LogP contribution in [0.1, 0.15) is 39.0 Å². The zero-order valence-electron chi connectivity index (χ0n) is 9.74. The van der Waals surface area contributed by atoms with Crippen molar-refractivity contribution in [2.24, 2.45) is 11.1 Å². The highest BCUT2D eigenvalue weighted by molar-refractivity contribution is 4.89. The maximum Gasteiger partial charge on any atom is 0.390 e. The van der Waals surface area contributed by atoms with Crippen LogP contribution in [-0.2, 0) is 0 Å². The van der Waals surface area contributed by atoms with Gasteiger partial charge in [0.1, 0.15) is 0 Å². The third-order valence-electron chi connectivity index (χ3n) is 3.53. The predicted molar refractivity (Wildman–Crippen MR) is 58.1 cm³/mol. The summed E-state index contributed by atoms with van der Waals surface area (Å²) in [5.74, 6) is 0. The molecule has 0 heterocycles. The van der Waals surface area contributed by atoms with Crippen molar-refractivity contribution in [3.05, 3.63) is 0 Å². The van der Waals surface area contributed by atoms with E-state index in [1.165, 1.54) is 6.42 Å². The molecule has 0 aromatic rings. The van der Waals surface area contributed by atoms with Crippen LogP contribution in [0.4, 0.5) is 13.2 Å².